The van der Waals surface area contributed by atoms with Gasteiger partial charge in [-0.25, -0.2) is 22.0 Å². The van der Waals surface area contributed by atoms with Gasteiger partial charge in [0.25, 0.3) is 0 Å². The fraction of sp³-hybridized carbons (Fsp3) is 0.269. The van der Waals surface area contributed by atoms with Crippen LogP contribution in [0, 0.1) is 52.8 Å². The molecule has 2 fully saturated rings. The van der Waals surface area contributed by atoms with Crippen LogP contribution in [0.15, 0.2) is 18.2 Å². The second kappa shape index (κ2) is 8.86. The molecule has 0 aromatic heterocycles. The molecule has 2 aromatic carbocycles. The second-order valence-electron chi connectivity index (χ2n) is 9.75. The Kier molecular flexibility index (Phi) is 6.04. The number of phenolic OH excluding ortho intramolecular Hbond substituents is 1. The molecular formula is C26H16F5NO8. The predicted octanol–water partition coefficient (Wildman–Crippen LogP) is 0.991. The number of rotatable bonds is 2. The third kappa shape index (κ3) is 3.35. The van der Waals surface area contributed by atoms with Crippen molar-refractivity contribution < 1.29 is 61.2 Å². The third-order valence-corrected chi connectivity index (χ3v) is 7.78. The molecule has 3 aliphatic rings. The van der Waals surface area contributed by atoms with E-state index in [1.54, 1.807) is 0 Å². The van der Waals surface area contributed by atoms with Crippen LogP contribution in [0.3, 0.4) is 0 Å². The van der Waals surface area contributed by atoms with Crippen molar-refractivity contribution in [3.05, 3.63) is 64.0 Å². The molecule has 6 atom stereocenters. The molecule has 0 spiro atoms. The largest absolute Gasteiger partial charge is 0.507 e. The molecule has 9 nitrogen and oxygen atoms in total. The molecule has 1 amide bonds. The SMILES string of the molecule is NC(=O)C1C(=O)CC2C(O)C3C(=Cc4c(F)c(F)c(F)c(F)c4F)c4cccc(O)c4C(=O)C3C(=O)C2(O)C1=O. The van der Waals surface area contributed by atoms with Crippen LogP contribution in [0.25, 0.3) is 11.6 Å². The highest BCUT2D eigenvalue weighted by Crippen LogP contribution is 2.54. The fourth-order valence-corrected chi connectivity index (χ4v) is 5.94. The first-order chi connectivity index (χ1) is 18.7. The number of aromatic hydroxyl groups is 1. The predicted molar refractivity (Wildman–Crippen MR) is 120 cm³/mol. The molecule has 40 heavy (non-hydrogen) atoms. The normalized spacial score (nSPS) is 30.7. The van der Waals surface area contributed by atoms with Crippen molar-refractivity contribution in [1.82, 2.24) is 0 Å². The molecule has 3 aliphatic carbocycles. The molecule has 6 unspecified atom stereocenters. The van der Waals surface area contributed by atoms with Crippen LogP contribution in [0.1, 0.15) is 27.9 Å². The number of ketones is 4. The number of halogens is 5. The first-order valence-electron chi connectivity index (χ1n) is 11.6. The molecule has 0 saturated heterocycles. The van der Waals surface area contributed by atoms with Gasteiger partial charge in [0.2, 0.25) is 11.7 Å². The van der Waals surface area contributed by atoms with Crippen LogP contribution < -0.4 is 5.73 Å². The van der Waals surface area contributed by atoms with Crippen molar-refractivity contribution in [2.24, 2.45) is 29.4 Å². The van der Waals surface area contributed by atoms with Gasteiger partial charge in [-0.1, -0.05) is 12.1 Å². The van der Waals surface area contributed by atoms with Gasteiger partial charge in [0.1, 0.15) is 5.75 Å². The Bertz CT molecular complexity index is 1590. The maximum absolute atomic E-state index is 14.7. The van der Waals surface area contributed by atoms with E-state index in [-0.39, 0.29) is 5.56 Å². The summed E-state index contributed by atoms with van der Waals surface area (Å²) in [4.78, 5) is 64.5. The molecule has 0 bridgehead atoms. The fourth-order valence-electron chi connectivity index (χ4n) is 5.94. The van der Waals surface area contributed by atoms with Crippen LogP contribution in [0.4, 0.5) is 22.0 Å². The Balaban J connectivity index is 1.81. The van der Waals surface area contributed by atoms with Crippen LogP contribution in [-0.4, -0.2) is 56.1 Å². The summed E-state index contributed by atoms with van der Waals surface area (Å²) in [5.41, 5.74) is -1.33. The average molecular weight is 565 g/mol. The molecule has 208 valence electrons. The second-order valence-corrected chi connectivity index (χ2v) is 9.75. The van der Waals surface area contributed by atoms with E-state index in [4.69, 9.17) is 5.73 Å². The Morgan fingerprint density at radius 3 is 2.10 bits per heavy atom. The smallest absolute Gasteiger partial charge is 0.235 e. The number of nitrogens with two attached hydrogens (primary N) is 1. The monoisotopic (exact) mass is 565 g/mol. The van der Waals surface area contributed by atoms with Gasteiger partial charge in [-0.2, -0.15) is 0 Å². The molecular weight excluding hydrogens is 549 g/mol. The molecule has 5 N–H and O–H groups in total. The molecule has 14 heteroatoms. The number of aliphatic hydroxyl groups excluding tert-OH is 1. The number of aliphatic hydroxyl groups is 2. The van der Waals surface area contributed by atoms with Crippen LogP contribution in [0.5, 0.6) is 5.75 Å². The first kappa shape index (κ1) is 27.3. The highest BCUT2D eigenvalue weighted by Gasteiger charge is 2.69. The number of carbonyl (C=O) groups excluding carboxylic acids is 5. The van der Waals surface area contributed by atoms with Crippen molar-refractivity contribution in [2.45, 2.75) is 18.1 Å². The molecule has 0 radical (unpaired) electrons. The van der Waals surface area contributed by atoms with E-state index in [0.29, 0.717) is 6.08 Å². The Hall–Kier alpha value is -4.30. The summed E-state index contributed by atoms with van der Waals surface area (Å²) in [6.07, 6.45) is -2.78. The minimum Gasteiger partial charge on any atom is -0.507 e. The van der Waals surface area contributed by atoms with Crippen molar-refractivity contribution in [3.63, 3.8) is 0 Å². The van der Waals surface area contributed by atoms with Gasteiger partial charge >= 0.3 is 0 Å². The van der Waals surface area contributed by atoms with Gasteiger partial charge in [0.15, 0.2) is 57.9 Å². The number of hydrogen-bond acceptors (Lipinski definition) is 8. The Morgan fingerprint density at radius 2 is 1.52 bits per heavy atom. The molecule has 2 aromatic rings. The zero-order valence-electron chi connectivity index (χ0n) is 19.8. The minimum absolute atomic E-state index is 0.365. The van der Waals surface area contributed by atoms with Crippen molar-refractivity contribution in [3.8, 4) is 5.75 Å². The summed E-state index contributed by atoms with van der Waals surface area (Å²) in [5.74, 6) is -28.1. The standard InChI is InChI=1S/C26H16F5NO8/c27-16-8(17(28)19(30)20(31)18(16)29)4-7-6-2-1-3-10(33)12(6)22(36)15-13(7)21(35)9-5-11(34)14(25(32)39)23(37)26(9,40)24(15)38/h1-4,9,13-15,21,33,35,40H,5H2,(H2,32,39). The van der Waals surface area contributed by atoms with Gasteiger partial charge in [-0.15, -0.1) is 0 Å². The summed E-state index contributed by atoms with van der Waals surface area (Å²) in [6, 6.07) is 3.22. The summed E-state index contributed by atoms with van der Waals surface area (Å²) >= 11 is 0. The third-order valence-electron chi connectivity index (χ3n) is 7.78. The van der Waals surface area contributed by atoms with E-state index in [1.165, 1.54) is 0 Å². The van der Waals surface area contributed by atoms with Gasteiger partial charge in [-0.05, 0) is 23.3 Å². The summed E-state index contributed by atoms with van der Waals surface area (Å²) in [5, 5.41) is 33.0. The van der Waals surface area contributed by atoms with Gasteiger partial charge in [0, 0.05) is 18.3 Å². The maximum atomic E-state index is 14.7. The lowest BCUT2D eigenvalue weighted by atomic mass is 9.51. The van der Waals surface area contributed by atoms with Crippen LogP contribution in [0.2, 0.25) is 0 Å². The lowest BCUT2D eigenvalue weighted by Gasteiger charge is -2.51. The number of primary amides is 1. The summed E-state index contributed by atoms with van der Waals surface area (Å²) in [6.45, 7) is 0. The molecule has 0 heterocycles. The number of hydrogen-bond donors (Lipinski definition) is 4. The van der Waals surface area contributed by atoms with Crippen LogP contribution >= 0.6 is 0 Å². The van der Waals surface area contributed by atoms with E-state index < -0.39 is 122 Å². The number of Topliss-reactive ketones (excluding diaryl/α,β-unsaturated/α-hetero) is 4. The van der Waals surface area contributed by atoms with E-state index >= 15 is 0 Å². The zero-order valence-corrected chi connectivity index (χ0v) is 19.8. The van der Waals surface area contributed by atoms with Gasteiger partial charge < -0.3 is 21.1 Å². The highest BCUT2D eigenvalue weighted by atomic mass is 19.2. The Morgan fingerprint density at radius 1 is 0.950 bits per heavy atom. The van der Waals surface area contributed by atoms with Crippen LogP contribution in [-0.2, 0) is 19.2 Å². The summed E-state index contributed by atoms with van der Waals surface area (Å²) in [7, 11) is 0. The lowest BCUT2D eigenvalue weighted by molar-refractivity contribution is -0.185. The minimum atomic E-state index is -3.29. The van der Waals surface area contributed by atoms with E-state index in [9.17, 15) is 61.2 Å². The highest BCUT2D eigenvalue weighted by molar-refractivity contribution is 6.32. The number of benzene rings is 2. The lowest BCUT2D eigenvalue weighted by Crippen LogP contribution is -2.72. The number of amides is 1. The van der Waals surface area contributed by atoms with Crippen molar-refractivity contribution in [1.29, 1.82) is 0 Å². The zero-order chi connectivity index (χ0) is 29.6. The quantitative estimate of drug-likeness (QED) is 0.181. The van der Waals surface area contributed by atoms with E-state index in [0.717, 1.165) is 18.2 Å². The van der Waals surface area contributed by atoms with Crippen molar-refractivity contribution in [2.75, 3.05) is 0 Å². The van der Waals surface area contributed by atoms with E-state index in [1.807, 2.05) is 0 Å². The van der Waals surface area contributed by atoms with E-state index in [2.05, 4.69) is 0 Å². The summed E-state index contributed by atoms with van der Waals surface area (Å²) < 4.78 is 70.9. The van der Waals surface area contributed by atoms with Crippen molar-refractivity contribution >= 4 is 40.7 Å². The molecule has 5 rings (SSSR count). The number of phenols is 1. The number of fused-ring (bicyclic) bond motifs is 3. The molecule has 2 saturated carbocycles. The Labute approximate surface area is 219 Å². The first-order valence-corrected chi connectivity index (χ1v) is 11.6. The molecule has 0 aliphatic heterocycles. The maximum Gasteiger partial charge on any atom is 0.235 e. The number of carbonyl (C=O) groups is 5. The topological polar surface area (TPSA) is 172 Å². The van der Waals surface area contributed by atoms with Gasteiger partial charge in [0.05, 0.1) is 23.1 Å². The average Bonchev–Trinajstić information content (AvgIpc) is 2.90. The van der Waals surface area contributed by atoms with Gasteiger partial charge in [-0.3, -0.25) is 24.0 Å².